The molecule has 1 aliphatic rings. The molecule has 1 atom stereocenters. The molecule has 0 N–H and O–H groups in total. The lowest BCUT2D eigenvalue weighted by molar-refractivity contribution is 0.0696. The molecule has 1 fully saturated rings. The fourth-order valence-corrected chi connectivity index (χ4v) is 5.15. The maximum atomic E-state index is 13.0. The standard InChI is InChI=1S/C21H30N4O3S/c1-6-15(2)18-7-9-19(10-8-18)29(27,28)25-13-11-24(12-14-25)21(26)20-16(3)22-23(5)17(20)4/h7-10,15H,6,11-14H2,1-5H3. The molecule has 1 saturated heterocycles. The summed E-state index contributed by atoms with van der Waals surface area (Å²) in [6.45, 7) is 9.27. The highest BCUT2D eigenvalue weighted by Gasteiger charge is 2.32. The summed E-state index contributed by atoms with van der Waals surface area (Å²) in [5.74, 6) is 0.323. The molecule has 1 aromatic carbocycles. The van der Waals surface area contributed by atoms with E-state index < -0.39 is 10.0 Å². The van der Waals surface area contributed by atoms with Crippen molar-refractivity contribution in [1.29, 1.82) is 0 Å². The number of rotatable bonds is 5. The highest BCUT2D eigenvalue weighted by Crippen LogP contribution is 2.24. The van der Waals surface area contributed by atoms with Crippen LogP contribution in [0.25, 0.3) is 0 Å². The largest absolute Gasteiger partial charge is 0.336 e. The second-order valence-corrected chi connectivity index (χ2v) is 9.68. The number of hydrogen-bond acceptors (Lipinski definition) is 4. The Morgan fingerprint density at radius 3 is 2.17 bits per heavy atom. The molecule has 1 unspecified atom stereocenters. The predicted octanol–water partition coefficient (Wildman–Crippen LogP) is 2.70. The Kier molecular flexibility index (Phi) is 6.14. The number of hydrogen-bond donors (Lipinski definition) is 0. The molecule has 0 spiro atoms. The smallest absolute Gasteiger partial charge is 0.257 e. The van der Waals surface area contributed by atoms with Gasteiger partial charge in [-0.2, -0.15) is 9.40 Å². The van der Waals surface area contributed by atoms with Crippen LogP contribution in [-0.4, -0.2) is 59.5 Å². The van der Waals surface area contributed by atoms with Crippen LogP contribution in [0.1, 0.15) is 53.5 Å². The third-order valence-corrected chi connectivity index (χ3v) is 7.86. The van der Waals surface area contributed by atoms with Gasteiger partial charge in [0.05, 0.1) is 16.2 Å². The number of sulfonamides is 1. The van der Waals surface area contributed by atoms with E-state index in [9.17, 15) is 13.2 Å². The van der Waals surface area contributed by atoms with Gasteiger partial charge in [-0.25, -0.2) is 8.42 Å². The van der Waals surface area contributed by atoms with Crippen LogP contribution in [0.15, 0.2) is 29.2 Å². The summed E-state index contributed by atoms with van der Waals surface area (Å²) in [6, 6.07) is 7.18. The molecule has 0 saturated carbocycles. The fourth-order valence-electron chi connectivity index (χ4n) is 3.73. The van der Waals surface area contributed by atoms with Gasteiger partial charge in [-0.15, -0.1) is 0 Å². The molecule has 0 radical (unpaired) electrons. The van der Waals surface area contributed by atoms with E-state index in [1.807, 2.05) is 33.0 Å². The van der Waals surface area contributed by atoms with Gasteiger partial charge in [-0.1, -0.05) is 26.0 Å². The molecule has 7 nitrogen and oxygen atoms in total. The van der Waals surface area contributed by atoms with Crippen molar-refractivity contribution >= 4 is 15.9 Å². The number of carbonyl (C=O) groups is 1. The van der Waals surface area contributed by atoms with E-state index in [1.54, 1.807) is 21.7 Å². The molecular formula is C21H30N4O3S. The minimum absolute atomic E-state index is 0.0805. The molecule has 1 aromatic heterocycles. The van der Waals surface area contributed by atoms with Gasteiger partial charge in [-0.3, -0.25) is 9.48 Å². The zero-order valence-electron chi connectivity index (χ0n) is 17.8. The minimum atomic E-state index is -3.56. The molecule has 158 valence electrons. The van der Waals surface area contributed by atoms with E-state index in [0.717, 1.165) is 17.7 Å². The first-order valence-corrected chi connectivity index (χ1v) is 11.5. The minimum Gasteiger partial charge on any atom is -0.336 e. The summed E-state index contributed by atoms with van der Waals surface area (Å²) in [5, 5.41) is 4.31. The Balaban J connectivity index is 1.70. The SMILES string of the molecule is CCC(C)c1ccc(S(=O)(=O)N2CCN(C(=O)c3c(C)nn(C)c3C)CC2)cc1. The summed E-state index contributed by atoms with van der Waals surface area (Å²) < 4.78 is 29.2. The van der Waals surface area contributed by atoms with Crippen molar-refractivity contribution in [2.45, 2.75) is 44.9 Å². The number of nitrogens with zero attached hydrogens (tertiary/aromatic N) is 4. The fraction of sp³-hybridized carbons (Fsp3) is 0.524. The lowest BCUT2D eigenvalue weighted by Crippen LogP contribution is -2.50. The van der Waals surface area contributed by atoms with Gasteiger partial charge < -0.3 is 4.90 Å². The molecule has 2 aromatic rings. The molecular weight excluding hydrogens is 388 g/mol. The third kappa shape index (κ3) is 4.09. The Morgan fingerprint density at radius 1 is 1.10 bits per heavy atom. The van der Waals surface area contributed by atoms with Crippen molar-refractivity contribution in [3.05, 3.63) is 46.8 Å². The van der Waals surface area contributed by atoms with Crippen molar-refractivity contribution in [2.24, 2.45) is 7.05 Å². The first kappa shape index (κ1) is 21.5. The molecule has 3 rings (SSSR count). The zero-order chi connectivity index (χ0) is 21.3. The van der Waals surface area contributed by atoms with Crippen LogP contribution < -0.4 is 0 Å². The molecule has 2 heterocycles. The van der Waals surface area contributed by atoms with Crippen LogP contribution in [0.3, 0.4) is 0 Å². The maximum Gasteiger partial charge on any atom is 0.257 e. The van der Waals surface area contributed by atoms with E-state index in [4.69, 9.17) is 0 Å². The Morgan fingerprint density at radius 2 is 1.69 bits per heavy atom. The molecule has 29 heavy (non-hydrogen) atoms. The van der Waals surface area contributed by atoms with Gasteiger partial charge in [0, 0.05) is 38.9 Å². The van der Waals surface area contributed by atoms with Crippen molar-refractivity contribution in [3.8, 4) is 0 Å². The van der Waals surface area contributed by atoms with E-state index in [0.29, 0.717) is 48.2 Å². The number of carbonyl (C=O) groups excluding carboxylic acids is 1. The third-order valence-electron chi connectivity index (χ3n) is 5.95. The van der Waals surface area contributed by atoms with Gasteiger partial charge in [0.2, 0.25) is 10.0 Å². The average molecular weight is 419 g/mol. The van der Waals surface area contributed by atoms with Crippen LogP contribution >= 0.6 is 0 Å². The van der Waals surface area contributed by atoms with Gasteiger partial charge in [-0.05, 0) is 43.9 Å². The predicted molar refractivity (Wildman–Crippen MR) is 112 cm³/mol. The van der Waals surface area contributed by atoms with E-state index in [1.165, 1.54) is 4.31 Å². The quantitative estimate of drug-likeness (QED) is 0.748. The van der Waals surface area contributed by atoms with Crippen LogP contribution in [0.5, 0.6) is 0 Å². The normalized spacial score (nSPS) is 16.8. The maximum absolute atomic E-state index is 13.0. The number of aromatic nitrogens is 2. The van der Waals surface area contributed by atoms with Crippen LogP contribution in [-0.2, 0) is 17.1 Å². The highest BCUT2D eigenvalue weighted by atomic mass is 32.2. The van der Waals surface area contributed by atoms with Crippen molar-refractivity contribution in [1.82, 2.24) is 19.0 Å². The number of piperazine rings is 1. The van der Waals surface area contributed by atoms with E-state index >= 15 is 0 Å². The summed E-state index contributed by atoms with van der Waals surface area (Å²) in [5.41, 5.74) is 3.28. The van der Waals surface area contributed by atoms with E-state index in [-0.39, 0.29) is 5.91 Å². The molecule has 0 aliphatic carbocycles. The first-order chi connectivity index (χ1) is 13.7. The van der Waals surface area contributed by atoms with Gasteiger partial charge >= 0.3 is 0 Å². The summed E-state index contributed by atoms with van der Waals surface area (Å²) in [7, 11) is -1.74. The topological polar surface area (TPSA) is 75.5 Å². The monoisotopic (exact) mass is 418 g/mol. The number of amides is 1. The Bertz CT molecular complexity index is 988. The lowest BCUT2D eigenvalue weighted by atomic mass is 9.99. The summed E-state index contributed by atoms with van der Waals surface area (Å²) in [6.07, 6.45) is 1.01. The second kappa shape index (κ2) is 8.28. The molecule has 8 heteroatoms. The highest BCUT2D eigenvalue weighted by molar-refractivity contribution is 7.89. The average Bonchev–Trinajstić information content (AvgIpc) is 2.98. The molecule has 1 amide bonds. The number of aryl methyl sites for hydroxylation is 2. The summed E-state index contributed by atoms with van der Waals surface area (Å²) in [4.78, 5) is 14.9. The first-order valence-electron chi connectivity index (χ1n) is 10.1. The van der Waals surface area contributed by atoms with Gasteiger partial charge in [0.1, 0.15) is 0 Å². The van der Waals surface area contributed by atoms with Crippen molar-refractivity contribution in [2.75, 3.05) is 26.2 Å². The summed E-state index contributed by atoms with van der Waals surface area (Å²) >= 11 is 0. The lowest BCUT2D eigenvalue weighted by Gasteiger charge is -2.34. The Hall–Kier alpha value is -2.19. The number of benzene rings is 1. The van der Waals surface area contributed by atoms with Crippen molar-refractivity contribution in [3.63, 3.8) is 0 Å². The van der Waals surface area contributed by atoms with Crippen molar-refractivity contribution < 1.29 is 13.2 Å². The molecule has 0 bridgehead atoms. The van der Waals surface area contributed by atoms with Crippen LogP contribution in [0.4, 0.5) is 0 Å². The van der Waals surface area contributed by atoms with E-state index in [2.05, 4.69) is 18.9 Å². The Labute approximate surface area is 173 Å². The van der Waals surface area contributed by atoms with Crippen LogP contribution in [0, 0.1) is 13.8 Å². The van der Waals surface area contributed by atoms with Gasteiger partial charge in [0.15, 0.2) is 0 Å². The molecule has 1 aliphatic heterocycles. The second-order valence-electron chi connectivity index (χ2n) is 7.74. The van der Waals surface area contributed by atoms with Crippen LogP contribution in [0.2, 0.25) is 0 Å². The van der Waals surface area contributed by atoms with Gasteiger partial charge in [0.25, 0.3) is 5.91 Å². The zero-order valence-corrected chi connectivity index (χ0v) is 18.7.